The molecule has 1 amide bonds. The number of aromatic nitrogens is 2. The van der Waals surface area contributed by atoms with Gasteiger partial charge in [-0.3, -0.25) is 4.79 Å². The molecule has 5 heteroatoms. The molecule has 134 valence electrons. The highest BCUT2D eigenvalue weighted by Gasteiger charge is 2.24. The largest absolute Gasteiger partial charge is 0.481 e. The predicted molar refractivity (Wildman–Crippen MR) is 101 cm³/mol. The maximum Gasteiger partial charge on any atom is 0.261 e. The topological polar surface area (TPSA) is 56.1 Å². The molecule has 0 saturated heterocycles. The van der Waals surface area contributed by atoms with E-state index in [1.807, 2.05) is 79.3 Å². The fourth-order valence-corrected chi connectivity index (χ4v) is 2.73. The fraction of sp³-hybridized carbons (Fsp3) is 0.238. The van der Waals surface area contributed by atoms with Gasteiger partial charge in [-0.1, -0.05) is 48.0 Å². The summed E-state index contributed by atoms with van der Waals surface area (Å²) in [6.45, 7) is 3.76. The van der Waals surface area contributed by atoms with E-state index in [9.17, 15) is 4.79 Å². The van der Waals surface area contributed by atoms with E-state index in [0.717, 1.165) is 17.0 Å². The number of benzene rings is 2. The van der Waals surface area contributed by atoms with Crippen molar-refractivity contribution in [3.05, 3.63) is 83.9 Å². The molecule has 0 saturated carbocycles. The minimum Gasteiger partial charge on any atom is -0.481 e. The third kappa shape index (κ3) is 4.11. The first-order valence-corrected chi connectivity index (χ1v) is 8.60. The Bertz CT molecular complexity index is 856. The Balaban J connectivity index is 1.77. The SMILES string of the molecule is Cc1ccc(O[C@@H](C)C(=O)N[C@@H](c2ccccc2)c2nccn2C)cc1. The summed E-state index contributed by atoms with van der Waals surface area (Å²) < 4.78 is 7.68. The summed E-state index contributed by atoms with van der Waals surface area (Å²) >= 11 is 0. The van der Waals surface area contributed by atoms with E-state index in [0.29, 0.717) is 5.75 Å². The second-order valence-electron chi connectivity index (χ2n) is 6.32. The molecular formula is C21H23N3O2. The first kappa shape index (κ1) is 17.7. The van der Waals surface area contributed by atoms with Crippen molar-refractivity contribution in [2.75, 3.05) is 0 Å². The lowest BCUT2D eigenvalue weighted by molar-refractivity contribution is -0.127. The van der Waals surface area contributed by atoms with Gasteiger partial charge in [0.1, 0.15) is 17.6 Å². The first-order valence-electron chi connectivity index (χ1n) is 8.60. The van der Waals surface area contributed by atoms with Crippen LogP contribution in [0.1, 0.15) is 29.9 Å². The molecule has 5 nitrogen and oxygen atoms in total. The minimum absolute atomic E-state index is 0.192. The van der Waals surface area contributed by atoms with Gasteiger partial charge in [0.25, 0.3) is 5.91 Å². The smallest absolute Gasteiger partial charge is 0.261 e. The lowest BCUT2D eigenvalue weighted by Crippen LogP contribution is -2.39. The highest BCUT2D eigenvalue weighted by atomic mass is 16.5. The second-order valence-corrected chi connectivity index (χ2v) is 6.32. The number of rotatable bonds is 6. The van der Waals surface area contributed by atoms with E-state index >= 15 is 0 Å². The molecule has 0 aliphatic rings. The summed E-state index contributed by atoms with van der Waals surface area (Å²) in [6, 6.07) is 17.1. The highest BCUT2D eigenvalue weighted by Crippen LogP contribution is 2.21. The van der Waals surface area contributed by atoms with Crippen LogP contribution in [0.4, 0.5) is 0 Å². The minimum atomic E-state index is -0.621. The number of nitrogens with one attached hydrogen (secondary N) is 1. The summed E-state index contributed by atoms with van der Waals surface area (Å²) in [5.74, 6) is 1.25. The molecule has 0 spiro atoms. The lowest BCUT2D eigenvalue weighted by Gasteiger charge is -2.22. The van der Waals surface area contributed by atoms with Crippen LogP contribution in [0.5, 0.6) is 5.75 Å². The molecule has 26 heavy (non-hydrogen) atoms. The van der Waals surface area contributed by atoms with E-state index in [2.05, 4.69) is 10.3 Å². The van der Waals surface area contributed by atoms with Gasteiger partial charge in [-0.05, 0) is 31.5 Å². The molecule has 1 aromatic heterocycles. The van der Waals surface area contributed by atoms with Crippen LogP contribution in [0.15, 0.2) is 67.0 Å². The van der Waals surface area contributed by atoms with Gasteiger partial charge in [0, 0.05) is 19.4 Å². The third-order valence-electron chi connectivity index (χ3n) is 4.24. The number of ether oxygens (including phenoxy) is 1. The Hall–Kier alpha value is -3.08. The standard InChI is InChI=1S/C21H23N3O2/c1-15-9-11-18(12-10-15)26-16(2)21(25)23-19(17-7-5-4-6-8-17)20-22-13-14-24(20)3/h4-14,16,19H,1-3H3,(H,23,25)/t16-,19-/m0/s1. The summed E-state index contributed by atoms with van der Waals surface area (Å²) in [4.78, 5) is 17.1. The molecule has 1 N–H and O–H groups in total. The van der Waals surface area contributed by atoms with Crippen LogP contribution in [0, 0.1) is 6.92 Å². The van der Waals surface area contributed by atoms with Crippen molar-refractivity contribution < 1.29 is 9.53 Å². The third-order valence-corrected chi connectivity index (χ3v) is 4.24. The molecule has 0 aliphatic heterocycles. The van der Waals surface area contributed by atoms with Gasteiger partial charge in [0.15, 0.2) is 6.10 Å². The second kappa shape index (κ2) is 7.87. The quantitative estimate of drug-likeness (QED) is 0.742. The average molecular weight is 349 g/mol. The van der Waals surface area contributed by atoms with Gasteiger partial charge in [0.05, 0.1) is 0 Å². The molecule has 3 aromatic rings. The number of hydrogen-bond donors (Lipinski definition) is 1. The van der Waals surface area contributed by atoms with Crippen molar-refractivity contribution in [3.63, 3.8) is 0 Å². The number of imidazole rings is 1. The van der Waals surface area contributed by atoms with Crippen LogP contribution in [0.25, 0.3) is 0 Å². The Kier molecular flexibility index (Phi) is 5.37. The lowest BCUT2D eigenvalue weighted by atomic mass is 10.1. The molecule has 3 rings (SSSR count). The Morgan fingerprint density at radius 2 is 1.81 bits per heavy atom. The Morgan fingerprint density at radius 3 is 2.42 bits per heavy atom. The van der Waals surface area contributed by atoms with Crippen LogP contribution in [0.2, 0.25) is 0 Å². The number of carbonyl (C=O) groups excluding carboxylic acids is 1. The maximum atomic E-state index is 12.7. The molecule has 2 atom stereocenters. The molecule has 1 heterocycles. The summed E-state index contributed by atoms with van der Waals surface area (Å²) in [7, 11) is 1.91. The molecule has 0 unspecified atom stereocenters. The van der Waals surface area contributed by atoms with E-state index in [-0.39, 0.29) is 11.9 Å². The zero-order valence-corrected chi connectivity index (χ0v) is 15.2. The van der Waals surface area contributed by atoms with E-state index in [1.165, 1.54) is 0 Å². The van der Waals surface area contributed by atoms with Gasteiger partial charge in [-0.2, -0.15) is 0 Å². The van der Waals surface area contributed by atoms with Crippen LogP contribution in [0.3, 0.4) is 0 Å². The first-order chi connectivity index (χ1) is 12.5. The van der Waals surface area contributed by atoms with Gasteiger partial charge >= 0.3 is 0 Å². The van der Waals surface area contributed by atoms with Crippen LogP contribution >= 0.6 is 0 Å². The molecule has 0 bridgehead atoms. The number of carbonyl (C=O) groups is 1. The number of aryl methyl sites for hydroxylation is 2. The zero-order chi connectivity index (χ0) is 18.5. The average Bonchev–Trinajstić information content (AvgIpc) is 3.07. The van der Waals surface area contributed by atoms with Gasteiger partial charge in [0.2, 0.25) is 0 Å². The van der Waals surface area contributed by atoms with Crippen molar-refractivity contribution in [1.82, 2.24) is 14.9 Å². The monoisotopic (exact) mass is 349 g/mol. The molecule has 0 radical (unpaired) electrons. The number of nitrogens with zero attached hydrogens (tertiary/aromatic N) is 2. The summed E-state index contributed by atoms with van der Waals surface area (Å²) in [6.07, 6.45) is 2.97. The van der Waals surface area contributed by atoms with Crippen molar-refractivity contribution >= 4 is 5.91 Å². The maximum absolute atomic E-state index is 12.7. The van der Waals surface area contributed by atoms with Crippen LogP contribution in [-0.4, -0.2) is 21.6 Å². The van der Waals surface area contributed by atoms with Gasteiger partial charge in [-0.15, -0.1) is 0 Å². The van der Waals surface area contributed by atoms with Gasteiger partial charge in [-0.25, -0.2) is 4.98 Å². The molecular weight excluding hydrogens is 326 g/mol. The van der Waals surface area contributed by atoms with Gasteiger partial charge < -0.3 is 14.6 Å². The molecule has 2 aromatic carbocycles. The fourth-order valence-electron chi connectivity index (χ4n) is 2.73. The van der Waals surface area contributed by atoms with E-state index < -0.39 is 6.10 Å². The van der Waals surface area contributed by atoms with Crippen molar-refractivity contribution in [2.45, 2.75) is 26.0 Å². The van der Waals surface area contributed by atoms with E-state index in [1.54, 1.807) is 13.1 Å². The highest BCUT2D eigenvalue weighted by molar-refractivity contribution is 5.81. The van der Waals surface area contributed by atoms with Crippen molar-refractivity contribution in [3.8, 4) is 5.75 Å². The number of amides is 1. The van der Waals surface area contributed by atoms with Crippen molar-refractivity contribution in [2.24, 2.45) is 7.05 Å². The van der Waals surface area contributed by atoms with Crippen LogP contribution < -0.4 is 10.1 Å². The van der Waals surface area contributed by atoms with Crippen molar-refractivity contribution in [1.29, 1.82) is 0 Å². The summed E-state index contributed by atoms with van der Waals surface area (Å²) in [5, 5.41) is 3.06. The Labute approximate surface area is 153 Å². The van der Waals surface area contributed by atoms with E-state index in [4.69, 9.17) is 4.74 Å². The molecule has 0 fully saturated rings. The summed E-state index contributed by atoms with van der Waals surface area (Å²) in [5.41, 5.74) is 2.12. The zero-order valence-electron chi connectivity index (χ0n) is 15.2. The molecule has 0 aliphatic carbocycles. The van der Waals surface area contributed by atoms with Crippen LogP contribution in [-0.2, 0) is 11.8 Å². The predicted octanol–water partition coefficient (Wildman–Crippen LogP) is 3.40. The number of hydrogen-bond acceptors (Lipinski definition) is 3. The normalized spacial score (nSPS) is 13.0. The Morgan fingerprint density at radius 1 is 1.12 bits per heavy atom.